The summed E-state index contributed by atoms with van der Waals surface area (Å²) in [6.45, 7) is 4.96. The predicted octanol–water partition coefficient (Wildman–Crippen LogP) is 1.44. The lowest BCUT2D eigenvalue weighted by Crippen LogP contribution is -2.55. The Bertz CT molecular complexity index is 608. The fraction of sp³-hybridized carbons (Fsp3) is 0.500. The highest BCUT2D eigenvalue weighted by Crippen LogP contribution is 2.14. The van der Waals surface area contributed by atoms with E-state index in [-0.39, 0.29) is 11.9 Å². The molecule has 1 aromatic rings. The Balaban J connectivity index is 0.000000412. The van der Waals surface area contributed by atoms with Crippen LogP contribution < -0.4 is 10.5 Å². The maximum Gasteiger partial charge on any atom is 0.490 e. The van der Waals surface area contributed by atoms with Crippen molar-refractivity contribution in [3.8, 4) is 5.75 Å². The third-order valence-electron chi connectivity index (χ3n) is 3.77. The number of amides is 1. The van der Waals surface area contributed by atoms with Gasteiger partial charge < -0.3 is 20.5 Å². The highest BCUT2D eigenvalue weighted by Gasteiger charge is 2.38. The van der Waals surface area contributed by atoms with Crippen LogP contribution in [0.5, 0.6) is 5.75 Å². The molecule has 7 nitrogen and oxygen atoms in total. The van der Waals surface area contributed by atoms with Gasteiger partial charge >= 0.3 is 12.1 Å². The molecule has 0 bridgehead atoms. The zero-order chi connectivity index (χ0) is 19.9. The van der Waals surface area contributed by atoms with Crippen LogP contribution in [0.25, 0.3) is 0 Å². The molecule has 1 atom stereocenters. The number of piperazine rings is 1. The summed E-state index contributed by atoms with van der Waals surface area (Å²) in [6.07, 6.45) is -5.08. The van der Waals surface area contributed by atoms with Gasteiger partial charge in [0.25, 0.3) is 0 Å². The third kappa shape index (κ3) is 6.79. The summed E-state index contributed by atoms with van der Waals surface area (Å²) in [5.74, 6) is -1.77. The number of carboxylic acid groups (broad SMARTS) is 1. The molecule has 26 heavy (non-hydrogen) atoms. The number of nitrogens with zero attached hydrogens (tertiary/aromatic N) is 2. The van der Waals surface area contributed by atoms with Crippen molar-refractivity contribution in [2.24, 2.45) is 0 Å². The molecule has 0 unspecified atom stereocenters. The van der Waals surface area contributed by atoms with Crippen LogP contribution in [0.15, 0.2) is 24.3 Å². The molecule has 0 aromatic heterocycles. The van der Waals surface area contributed by atoms with E-state index >= 15 is 0 Å². The van der Waals surface area contributed by atoms with E-state index in [9.17, 15) is 18.0 Å². The first-order valence-corrected chi connectivity index (χ1v) is 7.80. The first-order valence-electron chi connectivity index (χ1n) is 7.80. The van der Waals surface area contributed by atoms with Crippen molar-refractivity contribution in [2.45, 2.75) is 19.1 Å². The maximum absolute atomic E-state index is 11.8. The number of benzene rings is 1. The molecule has 0 aliphatic carbocycles. The minimum atomic E-state index is -5.08. The Labute approximate surface area is 149 Å². The van der Waals surface area contributed by atoms with Gasteiger partial charge in [0.1, 0.15) is 12.4 Å². The second-order valence-corrected chi connectivity index (χ2v) is 5.69. The van der Waals surface area contributed by atoms with Gasteiger partial charge in [-0.15, -0.1) is 0 Å². The van der Waals surface area contributed by atoms with E-state index in [1.165, 1.54) is 0 Å². The molecule has 1 aromatic carbocycles. The second-order valence-electron chi connectivity index (χ2n) is 5.69. The number of alkyl halides is 3. The number of anilines is 1. The van der Waals surface area contributed by atoms with Crippen LogP contribution in [0.4, 0.5) is 18.9 Å². The van der Waals surface area contributed by atoms with Gasteiger partial charge in [-0.3, -0.25) is 9.69 Å². The minimum absolute atomic E-state index is 0.0613. The number of nitrogen functional groups attached to an aromatic ring is 1. The van der Waals surface area contributed by atoms with E-state index in [1.54, 1.807) is 4.90 Å². The SMILES string of the molecule is C[C@@H]1C(=O)N(C)CCN1CCOc1ccc(N)cc1.O=C(O)C(F)(F)F. The fourth-order valence-corrected chi connectivity index (χ4v) is 2.21. The number of carboxylic acids is 1. The number of halogens is 3. The van der Waals surface area contributed by atoms with Gasteiger partial charge in [0.15, 0.2) is 0 Å². The Morgan fingerprint density at radius 1 is 1.31 bits per heavy atom. The molecule has 1 heterocycles. The summed E-state index contributed by atoms with van der Waals surface area (Å²) in [5.41, 5.74) is 6.34. The molecule has 3 N–H and O–H groups in total. The largest absolute Gasteiger partial charge is 0.492 e. The lowest BCUT2D eigenvalue weighted by Gasteiger charge is -2.37. The van der Waals surface area contributed by atoms with Crippen LogP contribution in [-0.2, 0) is 9.59 Å². The molecule has 2 rings (SSSR count). The highest BCUT2D eigenvalue weighted by atomic mass is 19.4. The number of carbonyl (C=O) groups is 2. The Hall–Kier alpha value is -2.49. The van der Waals surface area contributed by atoms with Crippen molar-refractivity contribution < 1.29 is 32.6 Å². The van der Waals surface area contributed by atoms with Crippen LogP contribution >= 0.6 is 0 Å². The lowest BCUT2D eigenvalue weighted by atomic mass is 10.2. The van der Waals surface area contributed by atoms with Crippen molar-refractivity contribution in [1.29, 1.82) is 0 Å². The molecule has 0 radical (unpaired) electrons. The van der Waals surface area contributed by atoms with Crippen molar-refractivity contribution in [1.82, 2.24) is 9.80 Å². The fourth-order valence-electron chi connectivity index (χ4n) is 2.21. The van der Waals surface area contributed by atoms with E-state index in [0.29, 0.717) is 6.61 Å². The predicted molar refractivity (Wildman–Crippen MR) is 88.7 cm³/mol. The Kier molecular flexibility index (Phi) is 7.69. The molecule has 10 heteroatoms. The number of nitrogens with two attached hydrogens (primary N) is 1. The van der Waals surface area contributed by atoms with Crippen LogP contribution in [-0.4, -0.2) is 72.3 Å². The van der Waals surface area contributed by atoms with E-state index in [4.69, 9.17) is 20.4 Å². The van der Waals surface area contributed by atoms with Gasteiger partial charge in [0, 0.05) is 32.4 Å². The van der Waals surface area contributed by atoms with Crippen LogP contribution in [0.2, 0.25) is 0 Å². The third-order valence-corrected chi connectivity index (χ3v) is 3.77. The average Bonchev–Trinajstić information content (AvgIpc) is 2.56. The number of aliphatic carboxylic acids is 1. The average molecular weight is 377 g/mol. The molecular weight excluding hydrogens is 355 g/mol. The van der Waals surface area contributed by atoms with E-state index < -0.39 is 12.1 Å². The molecule has 0 saturated carbocycles. The lowest BCUT2D eigenvalue weighted by molar-refractivity contribution is -0.192. The Morgan fingerprint density at radius 3 is 2.35 bits per heavy atom. The zero-order valence-electron chi connectivity index (χ0n) is 14.5. The van der Waals surface area contributed by atoms with Crippen LogP contribution in [0, 0.1) is 0 Å². The molecule has 1 aliphatic rings. The van der Waals surface area contributed by atoms with Gasteiger partial charge in [0.2, 0.25) is 5.91 Å². The monoisotopic (exact) mass is 377 g/mol. The summed E-state index contributed by atoms with van der Waals surface area (Å²) < 4.78 is 37.4. The summed E-state index contributed by atoms with van der Waals surface area (Å²) in [4.78, 5) is 24.7. The van der Waals surface area contributed by atoms with Gasteiger partial charge in [0.05, 0.1) is 6.04 Å². The smallest absolute Gasteiger partial charge is 0.490 e. The van der Waals surface area contributed by atoms with Crippen molar-refractivity contribution >= 4 is 17.6 Å². The summed E-state index contributed by atoms with van der Waals surface area (Å²) in [5, 5.41) is 7.12. The molecule has 1 amide bonds. The first kappa shape index (κ1) is 21.6. The topological polar surface area (TPSA) is 96.1 Å². The minimum Gasteiger partial charge on any atom is -0.492 e. The summed E-state index contributed by atoms with van der Waals surface area (Å²) >= 11 is 0. The number of hydrogen-bond donors (Lipinski definition) is 2. The van der Waals surface area contributed by atoms with E-state index in [2.05, 4.69) is 4.90 Å². The maximum atomic E-state index is 11.8. The van der Waals surface area contributed by atoms with Crippen LogP contribution in [0.1, 0.15) is 6.92 Å². The summed E-state index contributed by atoms with van der Waals surface area (Å²) in [7, 11) is 1.85. The van der Waals surface area contributed by atoms with Gasteiger partial charge in [-0.1, -0.05) is 0 Å². The van der Waals surface area contributed by atoms with Gasteiger partial charge in [-0.05, 0) is 31.2 Å². The van der Waals surface area contributed by atoms with Crippen molar-refractivity contribution in [2.75, 3.05) is 39.0 Å². The molecule has 146 valence electrons. The number of carbonyl (C=O) groups excluding carboxylic acids is 1. The quantitative estimate of drug-likeness (QED) is 0.771. The molecular formula is C16H22F3N3O4. The van der Waals surface area contributed by atoms with Crippen molar-refractivity contribution in [3.63, 3.8) is 0 Å². The van der Waals surface area contributed by atoms with E-state index in [1.807, 2.05) is 38.2 Å². The number of rotatable bonds is 4. The number of likely N-dealkylation sites (N-methyl/N-ethyl adjacent to an activating group) is 1. The second kappa shape index (κ2) is 9.27. The normalized spacial score (nSPS) is 18.1. The molecule has 1 fully saturated rings. The Morgan fingerprint density at radius 2 is 1.85 bits per heavy atom. The first-order chi connectivity index (χ1) is 12.0. The zero-order valence-corrected chi connectivity index (χ0v) is 14.5. The van der Waals surface area contributed by atoms with Crippen molar-refractivity contribution in [3.05, 3.63) is 24.3 Å². The summed E-state index contributed by atoms with van der Waals surface area (Å²) in [6, 6.07) is 7.28. The molecule has 1 saturated heterocycles. The van der Waals surface area contributed by atoms with Crippen LogP contribution in [0.3, 0.4) is 0 Å². The molecule has 1 aliphatic heterocycles. The molecule has 0 spiro atoms. The van der Waals surface area contributed by atoms with E-state index in [0.717, 1.165) is 31.1 Å². The number of ether oxygens (including phenoxy) is 1. The van der Waals surface area contributed by atoms with Gasteiger partial charge in [-0.2, -0.15) is 13.2 Å². The standard InChI is InChI=1S/C14H21N3O2.C2HF3O2/c1-11-14(18)16(2)7-8-17(11)9-10-19-13-5-3-12(15)4-6-13;3-2(4,5)1(6)7/h3-6,11H,7-10,15H2,1-2H3;(H,6,7)/t11-;/m1./s1. The number of hydrogen-bond acceptors (Lipinski definition) is 5. The highest BCUT2D eigenvalue weighted by molar-refractivity contribution is 5.81. The van der Waals surface area contributed by atoms with Gasteiger partial charge in [-0.25, -0.2) is 4.79 Å².